The summed E-state index contributed by atoms with van der Waals surface area (Å²) in [4.78, 5) is 24.9. The first-order chi connectivity index (χ1) is 9.99. The third-order valence-electron chi connectivity index (χ3n) is 3.00. The third kappa shape index (κ3) is 3.66. The molecule has 1 heterocycles. The van der Waals surface area contributed by atoms with Crippen LogP contribution in [0.1, 0.15) is 10.4 Å². The number of halogens is 2. The number of nitrogens with two attached hydrogens (primary N) is 1. The molecule has 1 aromatic rings. The van der Waals surface area contributed by atoms with Crippen molar-refractivity contribution in [2.75, 3.05) is 38.6 Å². The first-order valence-electron chi connectivity index (χ1n) is 6.26. The number of hydrogen-bond donors (Lipinski definition) is 1. The summed E-state index contributed by atoms with van der Waals surface area (Å²) in [6.45, 7) is 1.10. The number of carbonyl (C=O) groups excluding carboxylic acids is 2. The van der Waals surface area contributed by atoms with Gasteiger partial charge in [0.15, 0.2) is 6.61 Å². The minimum absolute atomic E-state index is 0.404. The molecule has 0 bridgehead atoms. The minimum Gasteiger partial charge on any atom is -0.452 e. The average molecular weight is 300 g/mol. The fourth-order valence-corrected chi connectivity index (χ4v) is 1.83. The van der Waals surface area contributed by atoms with E-state index in [-0.39, 0.29) is 0 Å². The van der Waals surface area contributed by atoms with E-state index in [1.807, 2.05) is 0 Å². The second kappa shape index (κ2) is 6.49. The van der Waals surface area contributed by atoms with E-state index < -0.39 is 41.4 Å². The van der Waals surface area contributed by atoms with E-state index in [4.69, 9.17) is 15.2 Å². The minimum atomic E-state index is -1.12. The molecule has 114 valence electrons. The van der Waals surface area contributed by atoms with Crippen molar-refractivity contribution in [1.82, 2.24) is 4.90 Å². The van der Waals surface area contributed by atoms with Crippen molar-refractivity contribution in [3.05, 3.63) is 29.3 Å². The summed E-state index contributed by atoms with van der Waals surface area (Å²) in [7, 11) is 0. The maximum Gasteiger partial charge on any atom is 0.341 e. The van der Waals surface area contributed by atoms with Crippen LogP contribution in [-0.2, 0) is 14.3 Å². The van der Waals surface area contributed by atoms with E-state index in [1.54, 1.807) is 0 Å². The highest BCUT2D eigenvalue weighted by Crippen LogP contribution is 2.17. The Kier molecular flexibility index (Phi) is 4.69. The Morgan fingerprint density at radius 2 is 1.90 bits per heavy atom. The zero-order valence-electron chi connectivity index (χ0n) is 11.1. The number of anilines is 1. The van der Waals surface area contributed by atoms with Gasteiger partial charge in [-0.15, -0.1) is 0 Å². The van der Waals surface area contributed by atoms with E-state index in [2.05, 4.69) is 0 Å². The predicted octanol–water partition coefficient (Wildman–Crippen LogP) is 0.563. The molecule has 2 N–H and O–H groups in total. The average Bonchev–Trinajstić information content (AvgIpc) is 2.49. The molecule has 0 saturated carbocycles. The van der Waals surface area contributed by atoms with Crippen LogP contribution in [0.15, 0.2) is 12.1 Å². The molecule has 0 aromatic heterocycles. The number of nitrogen functional groups attached to an aromatic ring is 1. The van der Waals surface area contributed by atoms with Gasteiger partial charge in [0.1, 0.15) is 11.6 Å². The van der Waals surface area contributed by atoms with Crippen LogP contribution in [0.2, 0.25) is 0 Å². The summed E-state index contributed by atoms with van der Waals surface area (Å²) in [6, 6.07) is 1.34. The Bertz CT molecular complexity index is 559. The van der Waals surface area contributed by atoms with E-state index >= 15 is 0 Å². The number of ether oxygens (including phenoxy) is 2. The monoisotopic (exact) mass is 300 g/mol. The van der Waals surface area contributed by atoms with Crippen LogP contribution in [0.5, 0.6) is 0 Å². The number of amides is 1. The molecule has 1 saturated heterocycles. The van der Waals surface area contributed by atoms with E-state index in [0.717, 1.165) is 0 Å². The highest BCUT2D eigenvalue weighted by molar-refractivity contribution is 5.92. The molecular formula is C13H14F2N2O4. The molecule has 1 amide bonds. The molecule has 8 heteroatoms. The number of benzene rings is 1. The molecule has 0 unspecified atom stereocenters. The Morgan fingerprint density at radius 1 is 1.24 bits per heavy atom. The summed E-state index contributed by atoms with van der Waals surface area (Å²) in [5.74, 6) is -3.46. The topological polar surface area (TPSA) is 81.9 Å². The van der Waals surface area contributed by atoms with E-state index in [1.165, 1.54) is 4.90 Å². The number of nitrogens with zero attached hydrogens (tertiary/aromatic N) is 1. The van der Waals surface area contributed by atoms with E-state index in [9.17, 15) is 18.4 Å². The lowest BCUT2D eigenvalue weighted by Crippen LogP contribution is -2.42. The third-order valence-corrected chi connectivity index (χ3v) is 3.00. The summed E-state index contributed by atoms with van der Waals surface area (Å²) < 4.78 is 36.5. The van der Waals surface area contributed by atoms with Crippen molar-refractivity contribution < 1.29 is 27.8 Å². The molecule has 2 rings (SSSR count). The Balaban J connectivity index is 1.95. The fraction of sp³-hybridized carbons (Fsp3) is 0.385. The predicted molar refractivity (Wildman–Crippen MR) is 68.5 cm³/mol. The van der Waals surface area contributed by atoms with Crippen LogP contribution in [0.4, 0.5) is 14.5 Å². The van der Waals surface area contributed by atoms with Crippen molar-refractivity contribution in [3.63, 3.8) is 0 Å². The number of carbonyl (C=O) groups is 2. The molecule has 6 nitrogen and oxygen atoms in total. The van der Waals surface area contributed by atoms with Gasteiger partial charge in [-0.05, 0) is 6.07 Å². The zero-order chi connectivity index (χ0) is 15.4. The van der Waals surface area contributed by atoms with Crippen molar-refractivity contribution in [1.29, 1.82) is 0 Å². The van der Waals surface area contributed by atoms with Crippen LogP contribution < -0.4 is 5.73 Å². The van der Waals surface area contributed by atoms with E-state index in [0.29, 0.717) is 38.4 Å². The summed E-state index contributed by atoms with van der Waals surface area (Å²) in [6.07, 6.45) is 0. The van der Waals surface area contributed by atoms with Crippen LogP contribution in [-0.4, -0.2) is 49.7 Å². The van der Waals surface area contributed by atoms with Gasteiger partial charge in [-0.3, -0.25) is 4.79 Å². The van der Waals surface area contributed by atoms with Crippen molar-refractivity contribution in [2.24, 2.45) is 0 Å². The molecule has 1 aromatic carbocycles. The van der Waals surface area contributed by atoms with Gasteiger partial charge in [0, 0.05) is 19.2 Å². The van der Waals surface area contributed by atoms with Gasteiger partial charge in [-0.25, -0.2) is 13.6 Å². The molecule has 0 atom stereocenters. The van der Waals surface area contributed by atoms with Gasteiger partial charge in [0.2, 0.25) is 0 Å². The first kappa shape index (κ1) is 15.2. The second-order valence-electron chi connectivity index (χ2n) is 4.42. The Morgan fingerprint density at radius 3 is 2.57 bits per heavy atom. The Hall–Kier alpha value is -2.22. The maximum absolute atomic E-state index is 13.5. The molecule has 0 aliphatic carbocycles. The van der Waals surface area contributed by atoms with Crippen molar-refractivity contribution in [2.45, 2.75) is 0 Å². The Labute approximate surface area is 119 Å². The first-order valence-corrected chi connectivity index (χ1v) is 6.26. The largest absolute Gasteiger partial charge is 0.452 e. The summed E-state index contributed by atoms with van der Waals surface area (Å²) in [5.41, 5.74) is 4.16. The molecular weight excluding hydrogens is 286 g/mol. The standard InChI is InChI=1S/C13H14F2N2O4/c14-9-6-11(16)10(15)5-8(9)13(19)21-7-12(18)17-1-3-20-4-2-17/h5-6H,1-4,7,16H2. The molecule has 1 fully saturated rings. The normalized spacial score (nSPS) is 14.9. The molecule has 0 radical (unpaired) electrons. The van der Waals surface area contributed by atoms with Gasteiger partial charge in [-0.2, -0.15) is 0 Å². The maximum atomic E-state index is 13.5. The lowest BCUT2D eigenvalue weighted by Gasteiger charge is -2.26. The lowest BCUT2D eigenvalue weighted by molar-refractivity contribution is -0.138. The molecule has 0 spiro atoms. The number of esters is 1. The quantitative estimate of drug-likeness (QED) is 0.651. The van der Waals surface area contributed by atoms with Gasteiger partial charge in [0.25, 0.3) is 5.91 Å². The van der Waals surface area contributed by atoms with Gasteiger partial charge < -0.3 is 20.1 Å². The van der Waals surface area contributed by atoms with Crippen LogP contribution >= 0.6 is 0 Å². The molecule has 1 aliphatic rings. The van der Waals surface area contributed by atoms with Crippen molar-refractivity contribution in [3.8, 4) is 0 Å². The molecule has 1 aliphatic heterocycles. The zero-order valence-corrected chi connectivity index (χ0v) is 11.1. The highest BCUT2D eigenvalue weighted by Gasteiger charge is 2.21. The van der Waals surface area contributed by atoms with Crippen molar-refractivity contribution >= 4 is 17.6 Å². The van der Waals surface area contributed by atoms with Crippen LogP contribution in [0, 0.1) is 11.6 Å². The number of rotatable bonds is 3. The van der Waals surface area contributed by atoms with Crippen LogP contribution in [0.3, 0.4) is 0 Å². The SMILES string of the molecule is Nc1cc(F)c(C(=O)OCC(=O)N2CCOCC2)cc1F. The molecule has 21 heavy (non-hydrogen) atoms. The summed E-state index contributed by atoms with van der Waals surface area (Å²) in [5, 5.41) is 0. The van der Waals surface area contributed by atoms with Gasteiger partial charge >= 0.3 is 5.97 Å². The number of hydrogen-bond acceptors (Lipinski definition) is 5. The van der Waals surface area contributed by atoms with Crippen LogP contribution in [0.25, 0.3) is 0 Å². The van der Waals surface area contributed by atoms with Gasteiger partial charge in [0.05, 0.1) is 24.5 Å². The highest BCUT2D eigenvalue weighted by atomic mass is 19.1. The second-order valence-corrected chi connectivity index (χ2v) is 4.42. The fourth-order valence-electron chi connectivity index (χ4n) is 1.83. The van der Waals surface area contributed by atoms with Gasteiger partial charge in [-0.1, -0.05) is 0 Å². The number of morpholine rings is 1. The lowest BCUT2D eigenvalue weighted by atomic mass is 10.2. The summed E-state index contributed by atoms with van der Waals surface area (Å²) >= 11 is 0. The smallest absolute Gasteiger partial charge is 0.341 e.